The van der Waals surface area contributed by atoms with Crippen LogP contribution in [0.5, 0.6) is 17.2 Å². The zero-order valence-corrected chi connectivity index (χ0v) is 29.1. The van der Waals surface area contributed by atoms with Crippen LogP contribution in [0.15, 0.2) is 75.0 Å². The Balaban J connectivity index is 0.000000347. The van der Waals surface area contributed by atoms with Gasteiger partial charge in [-0.3, -0.25) is 24.1 Å². The van der Waals surface area contributed by atoms with Gasteiger partial charge in [-0.25, -0.2) is 10.1 Å². The summed E-state index contributed by atoms with van der Waals surface area (Å²) in [5.41, 5.74) is -0.840. The molecule has 1 aromatic heterocycles. The van der Waals surface area contributed by atoms with Gasteiger partial charge in [-0.1, -0.05) is 19.1 Å². The zero-order valence-electron chi connectivity index (χ0n) is 28.3. The average Bonchev–Trinajstić information content (AvgIpc) is 3.14. The van der Waals surface area contributed by atoms with Crippen molar-refractivity contribution in [2.75, 3.05) is 26.0 Å². The van der Waals surface area contributed by atoms with Gasteiger partial charge < -0.3 is 49.7 Å². The molecule has 1 saturated heterocycles. The van der Waals surface area contributed by atoms with E-state index in [2.05, 4.69) is 22.0 Å². The van der Waals surface area contributed by atoms with E-state index in [0.717, 1.165) is 6.07 Å². The highest BCUT2D eigenvalue weighted by molar-refractivity contribution is 8.00. The minimum Gasteiger partial charge on any atom is -0.543 e. The molecule has 18 heteroatoms. The van der Waals surface area contributed by atoms with Crippen LogP contribution in [0.25, 0.3) is 11.0 Å². The Kier molecular flexibility index (Phi) is 11.2. The van der Waals surface area contributed by atoms with Gasteiger partial charge in [0.05, 0.1) is 35.5 Å². The molecule has 3 atom stereocenters. The summed E-state index contributed by atoms with van der Waals surface area (Å²) >= 11 is 1.58. The Morgan fingerprint density at radius 3 is 2.53 bits per heavy atom. The van der Waals surface area contributed by atoms with Crippen molar-refractivity contribution in [3.05, 3.63) is 99.0 Å². The summed E-state index contributed by atoms with van der Waals surface area (Å²) in [4.78, 5) is 74.1. The third kappa shape index (κ3) is 7.88. The fourth-order valence-corrected chi connectivity index (χ4v) is 6.76. The normalized spacial score (nSPS) is 17.8. The summed E-state index contributed by atoms with van der Waals surface area (Å²) in [6.45, 7) is 2.77. The van der Waals surface area contributed by atoms with E-state index in [9.17, 15) is 44.1 Å². The maximum atomic E-state index is 13.5. The number of methoxy groups -OCH3 is 1. The fourth-order valence-electron chi connectivity index (χ4n) is 5.54. The van der Waals surface area contributed by atoms with Crippen molar-refractivity contribution in [3.63, 3.8) is 0 Å². The maximum Gasteiger partial charge on any atom is 0.373 e. The standard InChI is InChI=1S/C27H23N3O10.C8H9NO3S/c1-13-21(23(34)16-7-8-18(31)24(35)25(16)40-13)26(36)30-22(14-3-5-15(6-4-14)39-12-20(32)33)27(37)29-17-11-28-10-9-19(17)38-2;1-4-6(10)9-5(8(11)12)2-3-13-7(4)9/h3-8,10,22,28H,11-12H2,1-2H3,(H4-,29,30,31,32,33,34,35,36,37);2,4,7H,3H2,1H3,(H,11,12)/t;4-,7-/m.0/s1. The fraction of sp³-hybridized carbons (Fsp3) is 0.257. The number of hydrogen-bond donors (Lipinski definition) is 6. The van der Waals surface area contributed by atoms with Gasteiger partial charge in [0.1, 0.15) is 29.7 Å². The molecule has 0 saturated carbocycles. The number of hydrogen-bond acceptors (Lipinski definition) is 14. The number of carboxylic acids is 2. The number of phenolic OH excluding ortho intramolecular Hbond substituents is 2. The summed E-state index contributed by atoms with van der Waals surface area (Å²) in [6.07, 6.45) is 5.85. The number of aryl methyl sites for hydroxylation is 1. The quantitative estimate of drug-likeness (QED) is 0.0938. The van der Waals surface area contributed by atoms with Crippen LogP contribution in [0, 0.1) is 18.9 Å². The van der Waals surface area contributed by atoms with Gasteiger partial charge >= 0.3 is 11.7 Å². The molecular formula is C35H32N4O13S. The molecule has 3 aliphatic rings. The monoisotopic (exact) mass is 748 g/mol. The molecular weight excluding hydrogens is 716 g/mol. The molecule has 3 aromatic rings. The summed E-state index contributed by atoms with van der Waals surface area (Å²) in [7, 11) is 1.40. The molecule has 3 amide bonds. The topological polar surface area (TPSA) is 257 Å². The number of phenols is 2. The number of dihydropyridines is 1. The van der Waals surface area contributed by atoms with E-state index in [-0.39, 0.29) is 63.2 Å². The minimum atomic E-state index is -1.35. The summed E-state index contributed by atoms with van der Waals surface area (Å²) in [6, 6.07) is 6.69. The molecule has 1 fully saturated rings. The number of carbonyl (C=O) groups excluding carboxylic acids is 4. The lowest BCUT2D eigenvalue weighted by molar-refractivity contribution is -0.301. The van der Waals surface area contributed by atoms with Crippen LogP contribution in [-0.4, -0.2) is 81.3 Å². The second-order valence-corrected chi connectivity index (χ2v) is 12.7. The number of thioether (sulfide) groups is 1. The van der Waals surface area contributed by atoms with Crippen LogP contribution in [0.1, 0.15) is 34.6 Å². The zero-order chi connectivity index (χ0) is 38.6. The number of aliphatic carboxylic acids is 2. The predicted octanol–water partition coefficient (Wildman–Crippen LogP) is 0.513. The summed E-state index contributed by atoms with van der Waals surface area (Å²) < 4.78 is 15.8. The molecule has 6 rings (SSSR count). The van der Waals surface area contributed by atoms with E-state index < -0.39 is 58.9 Å². The largest absolute Gasteiger partial charge is 0.543 e. The van der Waals surface area contributed by atoms with Gasteiger partial charge in [0.15, 0.2) is 30.2 Å². The molecule has 17 nitrogen and oxygen atoms in total. The number of allylic oxidation sites excluding steroid dienone is 1. The van der Waals surface area contributed by atoms with Crippen molar-refractivity contribution in [1.29, 1.82) is 0 Å². The van der Waals surface area contributed by atoms with Crippen LogP contribution < -0.4 is 31.2 Å². The molecule has 276 valence electrons. The number of nitrogens with one attached hydrogen (secondary N) is 3. The van der Waals surface area contributed by atoms with Crippen molar-refractivity contribution in [3.8, 4) is 17.2 Å². The molecule has 53 heavy (non-hydrogen) atoms. The second-order valence-electron chi connectivity index (χ2n) is 11.6. The van der Waals surface area contributed by atoms with Crippen LogP contribution in [-0.2, 0) is 23.9 Å². The SMILES string of the molecule is COC1=C(NC(=O)C(NC(=O)c2c(C)oc3c(O)c(O)ccc3c2=O)c2ccc(OCC(=O)O)cc2)CNC=[C+]1.C[C@H]1C(=O)N2C(C(=O)[O-])=CCS[C@@H]12. The van der Waals surface area contributed by atoms with E-state index >= 15 is 0 Å². The molecule has 0 aliphatic carbocycles. The van der Waals surface area contributed by atoms with Gasteiger partial charge in [-0.2, -0.15) is 0 Å². The van der Waals surface area contributed by atoms with E-state index in [1.165, 1.54) is 61.5 Å². The number of carboxylic acid groups (broad SMARTS) is 2. The lowest BCUT2D eigenvalue weighted by Gasteiger charge is -2.48. The smallest absolute Gasteiger partial charge is 0.373 e. The average molecular weight is 749 g/mol. The number of fused-ring (bicyclic) bond motifs is 2. The summed E-state index contributed by atoms with van der Waals surface area (Å²) in [5, 5.41) is 47.2. The van der Waals surface area contributed by atoms with Gasteiger partial charge in [-0.05, 0) is 42.8 Å². The number of rotatable bonds is 10. The lowest BCUT2D eigenvalue weighted by atomic mass is 9.99. The second kappa shape index (κ2) is 15.8. The number of amides is 3. The van der Waals surface area contributed by atoms with Crippen LogP contribution in [0.4, 0.5) is 0 Å². The number of ether oxygens (including phenoxy) is 2. The van der Waals surface area contributed by atoms with Gasteiger partial charge in [-0.15, -0.1) is 11.8 Å². The van der Waals surface area contributed by atoms with E-state index in [1.807, 2.05) is 6.92 Å². The highest BCUT2D eigenvalue weighted by Gasteiger charge is 2.47. The van der Waals surface area contributed by atoms with Crippen molar-refractivity contribution in [2.24, 2.45) is 5.92 Å². The van der Waals surface area contributed by atoms with Gasteiger partial charge in [0.2, 0.25) is 22.8 Å². The Bertz CT molecular complexity index is 2140. The molecule has 6 N–H and O–H groups in total. The van der Waals surface area contributed by atoms with Crippen molar-refractivity contribution < 1.29 is 58.3 Å². The minimum absolute atomic E-state index is 0.00500. The number of aromatic hydroxyl groups is 2. The van der Waals surface area contributed by atoms with Crippen LogP contribution in [0.3, 0.4) is 0 Å². The maximum absolute atomic E-state index is 13.5. The van der Waals surface area contributed by atoms with E-state index in [0.29, 0.717) is 11.4 Å². The number of nitrogens with zero attached hydrogens (tertiary/aromatic N) is 1. The summed E-state index contributed by atoms with van der Waals surface area (Å²) in [5.74, 6) is -4.43. The number of carbonyl (C=O) groups is 5. The van der Waals surface area contributed by atoms with Crippen LogP contribution in [0.2, 0.25) is 0 Å². The van der Waals surface area contributed by atoms with Crippen molar-refractivity contribution >= 4 is 52.4 Å². The molecule has 0 bridgehead atoms. The first kappa shape index (κ1) is 37.7. The Hall–Kier alpha value is -6.52. The first-order chi connectivity index (χ1) is 25.2. The predicted molar refractivity (Wildman–Crippen MR) is 184 cm³/mol. The highest BCUT2D eigenvalue weighted by Crippen LogP contribution is 2.40. The molecule has 4 heterocycles. The Morgan fingerprint density at radius 2 is 1.87 bits per heavy atom. The molecule has 0 spiro atoms. The third-order valence-corrected chi connectivity index (χ3v) is 9.51. The van der Waals surface area contributed by atoms with Crippen LogP contribution >= 0.6 is 11.8 Å². The highest BCUT2D eigenvalue weighted by atomic mass is 32.2. The molecule has 1 unspecified atom stereocenters. The van der Waals surface area contributed by atoms with Gasteiger partial charge in [0, 0.05) is 5.75 Å². The van der Waals surface area contributed by atoms with E-state index in [1.54, 1.807) is 11.8 Å². The third-order valence-electron chi connectivity index (χ3n) is 8.19. The van der Waals surface area contributed by atoms with E-state index in [4.69, 9.17) is 19.0 Å². The first-order valence-corrected chi connectivity index (χ1v) is 16.8. The lowest BCUT2D eigenvalue weighted by Crippen LogP contribution is -2.60. The Labute approximate surface area is 304 Å². The molecule has 0 radical (unpaired) electrons. The Morgan fingerprint density at radius 1 is 1.15 bits per heavy atom. The molecule has 2 aromatic carbocycles. The number of benzene rings is 2. The number of β-lactam (4-membered cyclic amide) rings is 1. The van der Waals surface area contributed by atoms with Crippen molar-refractivity contribution in [1.82, 2.24) is 20.9 Å². The first-order valence-electron chi connectivity index (χ1n) is 15.7. The van der Waals surface area contributed by atoms with Gasteiger partial charge in [0.25, 0.3) is 11.8 Å². The van der Waals surface area contributed by atoms with Crippen molar-refractivity contribution in [2.45, 2.75) is 25.3 Å². The molecule has 3 aliphatic heterocycles.